The number of hydrogen-bond acceptors (Lipinski definition) is 8. The Morgan fingerprint density at radius 2 is 1.81 bits per heavy atom. The lowest BCUT2D eigenvalue weighted by Gasteiger charge is -2.36. The van der Waals surface area contributed by atoms with Crippen molar-refractivity contribution in [2.45, 2.75) is 26.7 Å². The van der Waals surface area contributed by atoms with Crippen LogP contribution < -0.4 is 10.3 Å². The number of nitro groups is 2. The quantitative estimate of drug-likeness (QED) is 0.317. The lowest BCUT2D eigenvalue weighted by molar-refractivity contribution is -0.385. The number of hydrazone groups is 1. The fourth-order valence-electron chi connectivity index (χ4n) is 4.22. The summed E-state index contributed by atoms with van der Waals surface area (Å²) in [5, 5.41) is 26.2. The van der Waals surface area contributed by atoms with Gasteiger partial charge in [-0.25, -0.2) is 5.43 Å². The van der Waals surface area contributed by atoms with Crippen molar-refractivity contribution in [3.8, 4) is 0 Å². The SMILES string of the molecule is CCN(CC)C(=O)[C@@H]1CCCN(c2ccc([N+](=O)[O-])cc2/C=N\NC(=O)c2cccc([N+](=O)[O-])c2)C1. The number of rotatable bonds is 9. The summed E-state index contributed by atoms with van der Waals surface area (Å²) in [6, 6.07) is 9.57. The predicted octanol–water partition coefficient (Wildman–Crippen LogP) is 3.35. The van der Waals surface area contributed by atoms with Crippen molar-refractivity contribution in [2.24, 2.45) is 11.0 Å². The molecule has 0 bridgehead atoms. The third-order valence-corrected chi connectivity index (χ3v) is 6.10. The molecule has 1 saturated heterocycles. The first-order valence-corrected chi connectivity index (χ1v) is 11.6. The highest BCUT2D eigenvalue weighted by Gasteiger charge is 2.29. The Labute approximate surface area is 207 Å². The number of carbonyl (C=O) groups excluding carboxylic acids is 2. The van der Waals surface area contributed by atoms with Gasteiger partial charge in [-0.15, -0.1) is 0 Å². The second-order valence-corrected chi connectivity index (χ2v) is 8.30. The van der Waals surface area contributed by atoms with Crippen LogP contribution in [-0.2, 0) is 4.79 Å². The van der Waals surface area contributed by atoms with E-state index < -0.39 is 15.8 Å². The van der Waals surface area contributed by atoms with Crippen LogP contribution in [0.25, 0.3) is 0 Å². The van der Waals surface area contributed by atoms with E-state index in [-0.39, 0.29) is 28.8 Å². The molecule has 0 saturated carbocycles. The molecular formula is C24H28N6O6. The predicted molar refractivity (Wildman–Crippen MR) is 134 cm³/mol. The van der Waals surface area contributed by atoms with Gasteiger partial charge in [-0.2, -0.15) is 5.10 Å². The normalized spacial score (nSPS) is 15.5. The molecule has 2 aromatic carbocycles. The molecule has 1 aliphatic heterocycles. The number of carbonyl (C=O) groups is 2. The molecule has 0 unspecified atom stereocenters. The molecule has 190 valence electrons. The lowest BCUT2D eigenvalue weighted by atomic mass is 9.95. The second-order valence-electron chi connectivity index (χ2n) is 8.30. The van der Waals surface area contributed by atoms with Gasteiger partial charge in [0.05, 0.1) is 22.0 Å². The first-order chi connectivity index (χ1) is 17.2. The van der Waals surface area contributed by atoms with Crippen LogP contribution in [0.15, 0.2) is 47.6 Å². The van der Waals surface area contributed by atoms with E-state index in [4.69, 9.17) is 0 Å². The fraction of sp³-hybridized carbons (Fsp3) is 0.375. The minimum atomic E-state index is -0.662. The van der Waals surface area contributed by atoms with E-state index in [0.717, 1.165) is 18.9 Å². The van der Waals surface area contributed by atoms with Crippen LogP contribution in [0, 0.1) is 26.1 Å². The van der Waals surface area contributed by atoms with Crippen LogP contribution in [0.4, 0.5) is 17.1 Å². The Bertz CT molecular complexity index is 1180. The van der Waals surface area contributed by atoms with Gasteiger partial charge in [-0.3, -0.25) is 29.8 Å². The van der Waals surface area contributed by atoms with Crippen LogP contribution in [0.5, 0.6) is 0 Å². The van der Waals surface area contributed by atoms with Crippen LogP contribution in [0.3, 0.4) is 0 Å². The van der Waals surface area contributed by atoms with Gasteiger partial charge in [0.1, 0.15) is 0 Å². The van der Waals surface area contributed by atoms with Crippen LogP contribution >= 0.6 is 0 Å². The van der Waals surface area contributed by atoms with E-state index >= 15 is 0 Å². The average Bonchev–Trinajstić information content (AvgIpc) is 2.89. The van der Waals surface area contributed by atoms with E-state index in [9.17, 15) is 29.8 Å². The minimum Gasteiger partial charge on any atom is -0.370 e. The third kappa shape index (κ3) is 6.20. The molecule has 0 aliphatic carbocycles. The smallest absolute Gasteiger partial charge is 0.271 e. The highest BCUT2D eigenvalue weighted by Crippen LogP contribution is 2.29. The van der Waals surface area contributed by atoms with Gasteiger partial charge in [0.25, 0.3) is 17.3 Å². The number of nitro benzene ring substituents is 2. The molecule has 1 heterocycles. The monoisotopic (exact) mass is 496 g/mol. The van der Waals surface area contributed by atoms with Crippen LogP contribution in [0.1, 0.15) is 42.6 Å². The van der Waals surface area contributed by atoms with Gasteiger partial charge in [0.15, 0.2) is 0 Å². The van der Waals surface area contributed by atoms with Crippen LogP contribution in [-0.4, -0.2) is 59.0 Å². The fourth-order valence-corrected chi connectivity index (χ4v) is 4.22. The molecule has 1 aliphatic rings. The number of benzene rings is 2. The molecule has 3 rings (SSSR count). The number of nitrogens with zero attached hydrogens (tertiary/aromatic N) is 5. The summed E-state index contributed by atoms with van der Waals surface area (Å²) in [4.78, 5) is 50.3. The second kappa shape index (κ2) is 11.9. The summed E-state index contributed by atoms with van der Waals surface area (Å²) in [6.45, 7) is 6.27. The Morgan fingerprint density at radius 3 is 2.47 bits per heavy atom. The highest BCUT2D eigenvalue weighted by molar-refractivity contribution is 5.96. The molecule has 12 nitrogen and oxygen atoms in total. The van der Waals surface area contributed by atoms with Crippen molar-refractivity contribution in [1.82, 2.24) is 10.3 Å². The van der Waals surface area contributed by atoms with Crippen molar-refractivity contribution >= 4 is 35.1 Å². The minimum absolute atomic E-state index is 0.0504. The molecule has 0 spiro atoms. The van der Waals surface area contributed by atoms with Gasteiger partial charge in [-0.1, -0.05) is 6.07 Å². The Balaban J connectivity index is 1.82. The van der Waals surface area contributed by atoms with Crippen molar-refractivity contribution in [1.29, 1.82) is 0 Å². The Hall–Kier alpha value is -4.35. The van der Waals surface area contributed by atoms with E-state index in [1.54, 1.807) is 11.0 Å². The van der Waals surface area contributed by atoms with E-state index in [1.165, 1.54) is 36.5 Å². The van der Waals surface area contributed by atoms with Crippen molar-refractivity contribution < 1.29 is 19.4 Å². The molecule has 1 atom stereocenters. The molecule has 1 fully saturated rings. The number of anilines is 1. The first kappa shape index (κ1) is 26.3. The molecular weight excluding hydrogens is 468 g/mol. The molecule has 0 aromatic heterocycles. The van der Waals surface area contributed by atoms with Gasteiger partial charge in [0, 0.05) is 67.3 Å². The topological polar surface area (TPSA) is 151 Å². The summed E-state index contributed by atoms with van der Waals surface area (Å²) >= 11 is 0. The highest BCUT2D eigenvalue weighted by atomic mass is 16.6. The molecule has 2 amide bonds. The molecule has 12 heteroatoms. The zero-order valence-electron chi connectivity index (χ0n) is 20.1. The van der Waals surface area contributed by atoms with Gasteiger partial charge < -0.3 is 9.80 Å². The maximum atomic E-state index is 12.9. The number of hydrogen-bond donors (Lipinski definition) is 1. The standard InChI is InChI=1S/C24H28N6O6/c1-3-27(4-2)24(32)18-8-6-12-28(16-18)22-11-10-21(30(35)36)14-19(22)15-25-26-23(31)17-7-5-9-20(13-17)29(33)34/h5,7,9-11,13-15,18H,3-4,6,8,12,16H2,1-2H3,(H,26,31)/b25-15-/t18-/m1/s1. The van der Waals surface area contributed by atoms with Crippen molar-refractivity contribution in [2.75, 3.05) is 31.1 Å². The van der Waals surface area contributed by atoms with Gasteiger partial charge in [0.2, 0.25) is 5.91 Å². The van der Waals surface area contributed by atoms with Crippen molar-refractivity contribution in [3.63, 3.8) is 0 Å². The first-order valence-electron chi connectivity index (χ1n) is 11.6. The molecule has 36 heavy (non-hydrogen) atoms. The number of piperidine rings is 1. The summed E-state index contributed by atoms with van der Waals surface area (Å²) in [6.07, 6.45) is 2.85. The largest absolute Gasteiger partial charge is 0.370 e. The van der Waals surface area contributed by atoms with E-state index in [0.29, 0.717) is 37.4 Å². The summed E-state index contributed by atoms with van der Waals surface area (Å²) in [5.74, 6) is -0.761. The van der Waals surface area contributed by atoms with Gasteiger partial charge in [-0.05, 0) is 38.8 Å². The van der Waals surface area contributed by atoms with Gasteiger partial charge >= 0.3 is 0 Å². The number of nitrogens with one attached hydrogen (secondary N) is 1. The number of amides is 2. The molecule has 1 N–H and O–H groups in total. The van der Waals surface area contributed by atoms with E-state index in [1.807, 2.05) is 18.7 Å². The zero-order valence-corrected chi connectivity index (χ0v) is 20.1. The Morgan fingerprint density at radius 1 is 1.11 bits per heavy atom. The summed E-state index contributed by atoms with van der Waals surface area (Å²) in [7, 11) is 0. The third-order valence-electron chi connectivity index (χ3n) is 6.10. The Kier molecular flexibility index (Phi) is 8.66. The zero-order chi connectivity index (χ0) is 26.2. The van der Waals surface area contributed by atoms with Crippen LogP contribution in [0.2, 0.25) is 0 Å². The lowest BCUT2D eigenvalue weighted by Crippen LogP contribution is -2.45. The number of non-ortho nitro benzene ring substituents is 2. The maximum Gasteiger partial charge on any atom is 0.271 e. The van der Waals surface area contributed by atoms with Crippen molar-refractivity contribution in [3.05, 3.63) is 73.8 Å². The molecule has 0 radical (unpaired) electrons. The summed E-state index contributed by atoms with van der Waals surface area (Å²) < 4.78 is 0. The summed E-state index contributed by atoms with van der Waals surface area (Å²) in [5.41, 5.74) is 3.05. The van der Waals surface area contributed by atoms with E-state index in [2.05, 4.69) is 10.5 Å². The molecule has 2 aromatic rings. The maximum absolute atomic E-state index is 12.9. The average molecular weight is 497 g/mol.